The van der Waals surface area contributed by atoms with Gasteiger partial charge in [0.25, 0.3) is 11.8 Å². The van der Waals surface area contributed by atoms with Crippen molar-refractivity contribution < 1.29 is 19.2 Å². The molecule has 1 fully saturated rings. The minimum atomic E-state index is -0.910. The Hall–Kier alpha value is -2.50. The number of nitrogens with one attached hydrogen (secondary N) is 1. The van der Waals surface area contributed by atoms with E-state index in [1.807, 2.05) is 19.9 Å². The Morgan fingerprint density at radius 2 is 1.77 bits per heavy atom. The Bertz CT molecular complexity index is 708. The minimum Gasteiger partial charge on any atom is -0.295 e. The summed E-state index contributed by atoms with van der Waals surface area (Å²) >= 11 is 0. The summed E-state index contributed by atoms with van der Waals surface area (Å²) in [6.07, 6.45) is 0.300. The predicted octanol–water partition coefficient (Wildman–Crippen LogP) is 1.21. The van der Waals surface area contributed by atoms with E-state index in [2.05, 4.69) is 5.32 Å². The average molecular weight is 300 g/mol. The second-order valence-electron chi connectivity index (χ2n) is 5.91. The first-order chi connectivity index (χ1) is 10.4. The van der Waals surface area contributed by atoms with Crippen molar-refractivity contribution in [2.24, 2.45) is 0 Å². The van der Waals surface area contributed by atoms with Crippen molar-refractivity contribution in [1.29, 1.82) is 0 Å². The van der Waals surface area contributed by atoms with E-state index in [0.717, 1.165) is 10.5 Å². The number of rotatable bonds is 2. The Balaban J connectivity index is 1.96. The highest BCUT2D eigenvalue weighted by atomic mass is 16.2. The van der Waals surface area contributed by atoms with Gasteiger partial charge in [-0.05, 0) is 30.0 Å². The number of benzene rings is 1. The fraction of sp³-hybridized carbons (Fsp3) is 0.375. The Labute approximate surface area is 127 Å². The van der Waals surface area contributed by atoms with Crippen LogP contribution in [0.2, 0.25) is 0 Å². The summed E-state index contributed by atoms with van der Waals surface area (Å²) in [5.41, 5.74) is 1.62. The number of hydrogen-bond acceptors (Lipinski definition) is 4. The van der Waals surface area contributed by atoms with Crippen molar-refractivity contribution in [2.75, 3.05) is 0 Å². The molecule has 1 aromatic rings. The average Bonchev–Trinajstić information content (AvgIpc) is 2.71. The molecule has 1 saturated heterocycles. The lowest BCUT2D eigenvalue weighted by Gasteiger charge is -2.27. The fourth-order valence-corrected chi connectivity index (χ4v) is 2.85. The third-order valence-electron chi connectivity index (χ3n) is 4.13. The van der Waals surface area contributed by atoms with E-state index in [1.54, 1.807) is 12.1 Å². The van der Waals surface area contributed by atoms with Crippen molar-refractivity contribution >= 4 is 23.6 Å². The lowest BCUT2D eigenvalue weighted by molar-refractivity contribution is -0.136. The van der Waals surface area contributed by atoms with Crippen LogP contribution in [0, 0.1) is 0 Å². The van der Waals surface area contributed by atoms with Crippen LogP contribution in [0.15, 0.2) is 18.2 Å². The van der Waals surface area contributed by atoms with Gasteiger partial charge in [0.1, 0.15) is 6.04 Å². The van der Waals surface area contributed by atoms with Crippen LogP contribution in [0.1, 0.15) is 58.9 Å². The van der Waals surface area contributed by atoms with Crippen LogP contribution in [0.4, 0.5) is 0 Å². The molecule has 0 saturated carbocycles. The molecule has 6 nitrogen and oxygen atoms in total. The van der Waals surface area contributed by atoms with Crippen molar-refractivity contribution in [3.05, 3.63) is 34.9 Å². The Morgan fingerprint density at radius 3 is 2.41 bits per heavy atom. The highest BCUT2D eigenvalue weighted by Crippen LogP contribution is 2.29. The molecule has 2 aliphatic heterocycles. The fourth-order valence-electron chi connectivity index (χ4n) is 2.85. The zero-order chi connectivity index (χ0) is 16.0. The molecule has 3 rings (SSSR count). The molecular weight excluding hydrogens is 284 g/mol. The van der Waals surface area contributed by atoms with Crippen molar-refractivity contribution in [2.45, 2.75) is 38.6 Å². The molecule has 22 heavy (non-hydrogen) atoms. The molecule has 0 bridgehead atoms. The molecule has 0 spiro atoms. The molecule has 6 heteroatoms. The van der Waals surface area contributed by atoms with Crippen LogP contribution >= 0.6 is 0 Å². The van der Waals surface area contributed by atoms with Crippen molar-refractivity contribution in [3.8, 4) is 0 Å². The monoisotopic (exact) mass is 300 g/mol. The molecule has 0 aromatic heterocycles. The van der Waals surface area contributed by atoms with Gasteiger partial charge in [0, 0.05) is 6.42 Å². The summed E-state index contributed by atoms with van der Waals surface area (Å²) in [5.74, 6) is -1.66. The minimum absolute atomic E-state index is 0.126. The van der Waals surface area contributed by atoms with E-state index in [-0.39, 0.29) is 24.7 Å². The summed E-state index contributed by atoms with van der Waals surface area (Å²) in [6.45, 7) is 4.00. The lowest BCUT2D eigenvalue weighted by atomic mass is 9.98. The highest BCUT2D eigenvalue weighted by molar-refractivity contribution is 6.23. The topological polar surface area (TPSA) is 83.6 Å². The molecule has 2 aliphatic rings. The second-order valence-corrected chi connectivity index (χ2v) is 5.91. The summed E-state index contributed by atoms with van der Waals surface area (Å²) in [7, 11) is 0. The molecule has 1 aromatic carbocycles. The standard InChI is InChI=1S/C16H16N2O4/c1-8(2)9-3-4-10-11(7-9)16(22)18(15(10)21)12-5-6-13(19)17-14(12)20/h3-4,7-8,12H,5-6H2,1-2H3,(H,17,19,20). The molecule has 1 unspecified atom stereocenters. The zero-order valence-electron chi connectivity index (χ0n) is 12.4. The van der Waals surface area contributed by atoms with Crippen LogP contribution in [0.5, 0.6) is 0 Å². The van der Waals surface area contributed by atoms with Crippen molar-refractivity contribution in [3.63, 3.8) is 0 Å². The van der Waals surface area contributed by atoms with E-state index >= 15 is 0 Å². The number of piperidine rings is 1. The van der Waals surface area contributed by atoms with Gasteiger partial charge in [-0.1, -0.05) is 19.9 Å². The van der Waals surface area contributed by atoms with Gasteiger partial charge in [-0.2, -0.15) is 0 Å². The van der Waals surface area contributed by atoms with E-state index in [9.17, 15) is 19.2 Å². The molecule has 0 aliphatic carbocycles. The van der Waals surface area contributed by atoms with E-state index in [0.29, 0.717) is 11.1 Å². The predicted molar refractivity (Wildman–Crippen MR) is 77.2 cm³/mol. The van der Waals surface area contributed by atoms with Gasteiger partial charge >= 0.3 is 0 Å². The van der Waals surface area contributed by atoms with Crippen LogP contribution in [0.25, 0.3) is 0 Å². The summed E-state index contributed by atoms with van der Waals surface area (Å²) in [4.78, 5) is 49.1. The number of carbonyl (C=O) groups excluding carboxylic acids is 4. The summed E-state index contributed by atoms with van der Waals surface area (Å²) in [5, 5.41) is 2.18. The number of carbonyl (C=O) groups is 4. The maximum absolute atomic E-state index is 12.5. The van der Waals surface area contributed by atoms with Gasteiger partial charge in [-0.15, -0.1) is 0 Å². The first-order valence-corrected chi connectivity index (χ1v) is 7.25. The van der Waals surface area contributed by atoms with Crippen LogP contribution < -0.4 is 5.32 Å². The van der Waals surface area contributed by atoms with Gasteiger partial charge in [0.15, 0.2) is 0 Å². The number of amides is 4. The Kier molecular flexibility index (Phi) is 3.31. The largest absolute Gasteiger partial charge is 0.295 e. The number of imide groups is 2. The second kappa shape index (κ2) is 5.05. The summed E-state index contributed by atoms with van der Waals surface area (Å²) in [6, 6.07) is 4.26. The molecular formula is C16H16N2O4. The van der Waals surface area contributed by atoms with Crippen LogP contribution in [-0.4, -0.2) is 34.6 Å². The smallest absolute Gasteiger partial charge is 0.262 e. The van der Waals surface area contributed by atoms with Gasteiger partial charge in [-0.3, -0.25) is 29.4 Å². The first kappa shape index (κ1) is 14.4. The van der Waals surface area contributed by atoms with E-state index < -0.39 is 23.8 Å². The van der Waals surface area contributed by atoms with E-state index in [4.69, 9.17) is 0 Å². The normalized spacial score (nSPS) is 21.4. The highest BCUT2D eigenvalue weighted by Gasteiger charge is 2.44. The molecule has 1 N–H and O–H groups in total. The molecule has 2 heterocycles. The van der Waals surface area contributed by atoms with Gasteiger partial charge in [-0.25, -0.2) is 0 Å². The molecule has 114 valence electrons. The van der Waals surface area contributed by atoms with Crippen molar-refractivity contribution in [1.82, 2.24) is 10.2 Å². The third kappa shape index (κ3) is 2.11. The van der Waals surface area contributed by atoms with Gasteiger partial charge < -0.3 is 0 Å². The maximum Gasteiger partial charge on any atom is 0.262 e. The first-order valence-electron chi connectivity index (χ1n) is 7.25. The SMILES string of the molecule is CC(C)c1ccc2c(c1)C(=O)N(C1CCC(=O)NC1=O)C2=O. The summed E-state index contributed by atoms with van der Waals surface area (Å²) < 4.78 is 0. The number of fused-ring (bicyclic) bond motifs is 1. The van der Waals surface area contributed by atoms with Crippen LogP contribution in [0.3, 0.4) is 0 Å². The van der Waals surface area contributed by atoms with E-state index in [1.165, 1.54) is 0 Å². The van der Waals surface area contributed by atoms with Crippen LogP contribution in [-0.2, 0) is 9.59 Å². The van der Waals surface area contributed by atoms with Gasteiger partial charge in [0.2, 0.25) is 11.8 Å². The number of nitrogens with zero attached hydrogens (tertiary/aromatic N) is 1. The molecule has 1 atom stereocenters. The zero-order valence-corrected chi connectivity index (χ0v) is 12.4. The maximum atomic E-state index is 12.5. The molecule has 4 amide bonds. The number of hydrogen-bond donors (Lipinski definition) is 1. The quantitative estimate of drug-likeness (QED) is 0.832. The Morgan fingerprint density at radius 1 is 1.09 bits per heavy atom. The third-order valence-corrected chi connectivity index (χ3v) is 4.13. The molecule has 0 radical (unpaired) electrons. The lowest BCUT2D eigenvalue weighted by Crippen LogP contribution is -2.54. The van der Waals surface area contributed by atoms with Gasteiger partial charge in [0.05, 0.1) is 11.1 Å².